The van der Waals surface area contributed by atoms with Crippen molar-refractivity contribution in [1.82, 2.24) is 5.32 Å². The van der Waals surface area contributed by atoms with Crippen LogP contribution in [-0.4, -0.2) is 23.4 Å². The molecule has 0 aromatic heterocycles. The Morgan fingerprint density at radius 1 is 1.56 bits per heavy atom. The van der Waals surface area contributed by atoms with E-state index in [-0.39, 0.29) is 10.6 Å². The molecule has 0 radical (unpaired) electrons. The standard InChI is InChI=1S/C10H8ClFN2OS/c11-6-2-1-3-7(12)8(6)9(15)14-10-13-4-5-16-10/h1-3H,4-5H2,(H,13,14,15). The lowest BCUT2D eigenvalue weighted by Crippen LogP contribution is -2.28. The van der Waals surface area contributed by atoms with Gasteiger partial charge < -0.3 is 5.32 Å². The average molecular weight is 259 g/mol. The zero-order chi connectivity index (χ0) is 11.5. The van der Waals surface area contributed by atoms with Gasteiger partial charge in [0.15, 0.2) is 5.17 Å². The minimum atomic E-state index is -0.631. The van der Waals surface area contributed by atoms with Gasteiger partial charge in [-0.2, -0.15) is 0 Å². The van der Waals surface area contributed by atoms with E-state index in [1.807, 2.05) is 0 Å². The molecule has 1 heterocycles. The van der Waals surface area contributed by atoms with Crippen LogP contribution >= 0.6 is 23.4 Å². The Balaban J connectivity index is 2.20. The molecule has 0 fully saturated rings. The van der Waals surface area contributed by atoms with E-state index in [2.05, 4.69) is 10.3 Å². The molecular formula is C10H8ClFN2OS. The van der Waals surface area contributed by atoms with Gasteiger partial charge in [0.05, 0.1) is 17.1 Å². The Morgan fingerprint density at radius 2 is 2.38 bits per heavy atom. The van der Waals surface area contributed by atoms with Crippen molar-refractivity contribution in [2.24, 2.45) is 4.99 Å². The first kappa shape index (κ1) is 11.4. The predicted molar refractivity (Wildman–Crippen MR) is 63.6 cm³/mol. The monoisotopic (exact) mass is 258 g/mol. The first-order valence-electron chi connectivity index (χ1n) is 4.61. The summed E-state index contributed by atoms with van der Waals surface area (Å²) < 4.78 is 13.4. The summed E-state index contributed by atoms with van der Waals surface area (Å²) in [6, 6.07) is 4.13. The minimum Gasteiger partial charge on any atom is -0.301 e. The first-order valence-corrected chi connectivity index (χ1v) is 5.97. The van der Waals surface area contributed by atoms with E-state index in [0.29, 0.717) is 11.7 Å². The van der Waals surface area contributed by atoms with Gasteiger partial charge in [-0.1, -0.05) is 29.4 Å². The molecular weight excluding hydrogens is 251 g/mol. The Bertz CT molecular complexity index is 444. The largest absolute Gasteiger partial charge is 0.301 e. The molecule has 1 aliphatic heterocycles. The third-order valence-electron chi connectivity index (χ3n) is 2.00. The number of rotatable bonds is 1. The Morgan fingerprint density at radius 3 is 3.00 bits per heavy atom. The molecule has 84 valence electrons. The minimum absolute atomic E-state index is 0.0982. The maximum Gasteiger partial charge on any atom is 0.261 e. The summed E-state index contributed by atoms with van der Waals surface area (Å²) >= 11 is 7.19. The number of carbonyl (C=O) groups is 1. The molecule has 1 N–H and O–H groups in total. The number of nitrogens with one attached hydrogen (secondary N) is 1. The highest BCUT2D eigenvalue weighted by atomic mass is 35.5. The molecule has 16 heavy (non-hydrogen) atoms. The van der Waals surface area contributed by atoms with Crippen molar-refractivity contribution in [2.75, 3.05) is 12.3 Å². The van der Waals surface area contributed by atoms with E-state index in [0.717, 1.165) is 5.75 Å². The van der Waals surface area contributed by atoms with E-state index in [4.69, 9.17) is 11.6 Å². The van der Waals surface area contributed by atoms with Crippen LogP contribution in [0.15, 0.2) is 23.2 Å². The van der Waals surface area contributed by atoms with Gasteiger partial charge in [-0.3, -0.25) is 9.79 Å². The van der Waals surface area contributed by atoms with Crippen LogP contribution in [-0.2, 0) is 0 Å². The normalized spacial score (nSPS) is 14.8. The van der Waals surface area contributed by atoms with E-state index in [1.54, 1.807) is 0 Å². The van der Waals surface area contributed by atoms with E-state index < -0.39 is 11.7 Å². The molecule has 0 atom stereocenters. The third kappa shape index (κ3) is 2.36. The number of amidine groups is 1. The maximum atomic E-state index is 13.4. The lowest BCUT2D eigenvalue weighted by Gasteiger charge is -2.06. The fourth-order valence-electron chi connectivity index (χ4n) is 1.29. The summed E-state index contributed by atoms with van der Waals surface area (Å²) in [4.78, 5) is 15.8. The third-order valence-corrected chi connectivity index (χ3v) is 3.20. The van der Waals surface area contributed by atoms with Gasteiger partial charge >= 0.3 is 0 Å². The van der Waals surface area contributed by atoms with Gasteiger partial charge in [-0.05, 0) is 12.1 Å². The molecule has 1 aromatic rings. The van der Waals surface area contributed by atoms with Crippen molar-refractivity contribution in [3.8, 4) is 0 Å². The van der Waals surface area contributed by atoms with Crippen LogP contribution in [0.4, 0.5) is 4.39 Å². The molecule has 2 rings (SSSR count). The van der Waals surface area contributed by atoms with Crippen LogP contribution < -0.4 is 5.32 Å². The van der Waals surface area contributed by atoms with Crippen LogP contribution in [0, 0.1) is 5.82 Å². The molecule has 0 aliphatic carbocycles. The SMILES string of the molecule is O=C(NC1=NCCS1)c1c(F)cccc1Cl. The number of carbonyl (C=O) groups excluding carboxylic acids is 1. The van der Waals surface area contributed by atoms with Gasteiger partial charge in [0.25, 0.3) is 5.91 Å². The van der Waals surface area contributed by atoms with E-state index >= 15 is 0 Å². The fourth-order valence-corrected chi connectivity index (χ4v) is 2.26. The molecule has 1 aliphatic rings. The van der Waals surface area contributed by atoms with Gasteiger partial charge in [0.2, 0.25) is 0 Å². The van der Waals surface area contributed by atoms with Crippen molar-refractivity contribution in [1.29, 1.82) is 0 Å². The summed E-state index contributed by atoms with van der Waals surface area (Å²) in [5, 5.41) is 3.14. The molecule has 0 saturated heterocycles. The quantitative estimate of drug-likeness (QED) is 0.840. The number of nitrogens with zero attached hydrogens (tertiary/aromatic N) is 1. The molecule has 0 spiro atoms. The highest BCUT2D eigenvalue weighted by Gasteiger charge is 2.18. The smallest absolute Gasteiger partial charge is 0.261 e. The Hall–Kier alpha value is -1.07. The highest BCUT2D eigenvalue weighted by molar-refractivity contribution is 8.14. The van der Waals surface area contributed by atoms with E-state index in [1.165, 1.54) is 30.0 Å². The molecule has 1 amide bonds. The molecule has 3 nitrogen and oxygen atoms in total. The van der Waals surface area contributed by atoms with Gasteiger partial charge in [0.1, 0.15) is 5.82 Å². The van der Waals surface area contributed by atoms with Crippen LogP contribution in [0.25, 0.3) is 0 Å². The summed E-state index contributed by atoms with van der Waals surface area (Å²) in [5.74, 6) is -0.356. The van der Waals surface area contributed by atoms with Crippen molar-refractivity contribution in [3.05, 3.63) is 34.6 Å². The molecule has 1 aromatic carbocycles. The second-order valence-electron chi connectivity index (χ2n) is 3.09. The molecule has 0 bridgehead atoms. The van der Waals surface area contributed by atoms with Crippen molar-refractivity contribution < 1.29 is 9.18 Å². The number of hydrogen-bond acceptors (Lipinski definition) is 3. The summed E-state index contributed by atoms with van der Waals surface area (Å²) in [6.07, 6.45) is 0. The van der Waals surface area contributed by atoms with Crippen LogP contribution in [0.1, 0.15) is 10.4 Å². The Kier molecular flexibility index (Phi) is 3.46. The van der Waals surface area contributed by atoms with Crippen molar-refractivity contribution in [3.63, 3.8) is 0 Å². The topological polar surface area (TPSA) is 41.5 Å². The number of aliphatic imine (C=N–C) groups is 1. The van der Waals surface area contributed by atoms with Crippen LogP contribution in [0.3, 0.4) is 0 Å². The highest BCUT2D eigenvalue weighted by Crippen LogP contribution is 2.19. The number of halogens is 2. The van der Waals surface area contributed by atoms with Gasteiger partial charge in [-0.25, -0.2) is 4.39 Å². The molecule has 0 unspecified atom stereocenters. The second kappa shape index (κ2) is 4.84. The van der Waals surface area contributed by atoms with E-state index in [9.17, 15) is 9.18 Å². The molecule has 6 heteroatoms. The number of thioether (sulfide) groups is 1. The van der Waals surface area contributed by atoms with Crippen molar-refractivity contribution >= 4 is 34.4 Å². The lowest BCUT2D eigenvalue weighted by atomic mass is 10.2. The summed E-state index contributed by atoms with van der Waals surface area (Å²) in [5.41, 5.74) is -0.139. The van der Waals surface area contributed by atoms with Gasteiger partial charge in [0, 0.05) is 5.75 Å². The van der Waals surface area contributed by atoms with Crippen LogP contribution in [0.5, 0.6) is 0 Å². The number of benzene rings is 1. The zero-order valence-corrected chi connectivity index (χ0v) is 9.74. The number of amides is 1. The van der Waals surface area contributed by atoms with Crippen molar-refractivity contribution in [2.45, 2.75) is 0 Å². The second-order valence-corrected chi connectivity index (χ2v) is 4.58. The lowest BCUT2D eigenvalue weighted by molar-refractivity contribution is 0.0974. The zero-order valence-electron chi connectivity index (χ0n) is 8.17. The predicted octanol–water partition coefficient (Wildman–Crippen LogP) is 2.31. The Labute approximate surface area is 101 Å². The molecule has 0 saturated carbocycles. The summed E-state index contributed by atoms with van der Waals surface area (Å²) in [7, 11) is 0. The van der Waals surface area contributed by atoms with Gasteiger partial charge in [-0.15, -0.1) is 0 Å². The number of hydrogen-bond donors (Lipinski definition) is 1. The first-order chi connectivity index (χ1) is 7.68. The fraction of sp³-hybridized carbons (Fsp3) is 0.200. The van der Waals surface area contributed by atoms with Crippen LogP contribution in [0.2, 0.25) is 5.02 Å². The summed E-state index contributed by atoms with van der Waals surface area (Å²) in [6.45, 7) is 0.672. The maximum absolute atomic E-state index is 13.4. The average Bonchev–Trinajstić information content (AvgIpc) is 2.70.